The van der Waals surface area contributed by atoms with Crippen molar-refractivity contribution in [3.05, 3.63) is 39.0 Å². The van der Waals surface area contributed by atoms with Crippen molar-refractivity contribution in [3.63, 3.8) is 0 Å². The van der Waals surface area contributed by atoms with Crippen LogP contribution in [0.5, 0.6) is 0 Å². The monoisotopic (exact) mass is 369 g/mol. The van der Waals surface area contributed by atoms with Crippen LogP contribution in [0.15, 0.2) is 27.2 Å². The van der Waals surface area contributed by atoms with Gasteiger partial charge in [0.25, 0.3) is 0 Å². The fraction of sp³-hybridized carbons (Fsp3) is 0.333. The van der Waals surface area contributed by atoms with Crippen LogP contribution >= 0.6 is 27.5 Å². The first-order valence-corrected chi connectivity index (χ1v) is 7.93. The number of carboxylic acid groups (broad SMARTS) is 1. The molecule has 4 nitrogen and oxygen atoms in total. The molecule has 0 radical (unpaired) electrons. The normalized spacial score (nSPS) is 15.5. The molecule has 1 heterocycles. The summed E-state index contributed by atoms with van der Waals surface area (Å²) >= 11 is 9.33. The third-order valence-electron chi connectivity index (χ3n) is 3.84. The summed E-state index contributed by atoms with van der Waals surface area (Å²) < 4.78 is 6.09. The Bertz CT molecular complexity index is 692. The number of carbonyl (C=O) groups is 1. The molecular weight excluding hydrogens is 358 g/mol. The molecule has 1 aliphatic rings. The van der Waals surface area contributed by atoms with Crippen molar-refractivity contribution < 1.29 is 14.4 Å². The molecule has 1 aromatic heterocycles. The van der Waals surface area contributed by atoms with Gasteiger partial charge < -0.3 is 9.63 Å². The Hall–Kier alpha value is -1.33. The lowest BCUT2D eigenvalue weighted by molar-refractivity contribution is 0.0694. The minimum atomic E-state index is -1.00. The number of benzene rings is 1. The first kappa shape index (κ1) is 14.6. The van der Waals surface area contributed by atoms with Gasteiger partial charge in [0.1, 0.15) is 11.3 Å². The van der Waals surface area contributed by atoms with Crippen LogP contribution in [0.2, 0.25) is 5.02 Å². The summed E-state index contributed by atoms with van der Waals surface area (Å²) in [6.07, 6.45) is 4.11. The molecule has 1 fully saturated rings. The van der Waals surface area contributed by atoms with Gasteiger partial charge in [-0.25, -0.2) is 4.79 Å². The average molecular weight is 371 g/mol. The molecule has 110 valence electrons. The fourth-order valence-corrected chi connectivity index (χ4v) is 3.71. The van der Waals surface area contributed by atoms with Gasteiger partial charge in [-0.1, -0.05) is 51.6 Å². The van der Waals surface area contributed by atoms with Crippen molar-refractivity contribution in [1.29, 1.82) is 0 Å². The van der Waals surface area contributed by atoms with Gasteiger partial charge >= 0.3 is 5.97 Å². The molecule has 0 saturated heterocycles. The van der Waals surface area contributed by atoms with Crippen LogP contribution in [0, 0.1) is 0 Å². The van der Waals surface area contributed by atoms with E-state index in [1.807, 2.05) is 0 Å². The lowest BCUT2D eigenvalue weighted by atomic mass is 9.97. The van der Waals surface area contributed by atoms with Crippen molar-refractivity contribution in [2.24, 2.45) is 0 Å². The number of aromatic carboxylic acids is 1. The van der Waals surface area contributed by atoms with Crippen LogP contribution in [0.4, 0.5) is 0 Å². The standard InChI is InChI=1S/C15H13BrClNO3/c16-11-7-9(17)5-6-10(11)13-12(15(19)20)14(21-18-13)8-3-1-2-4-8/h5-8H,1-4H2,(H,19,20). The largest absolute Gasteiger partial charge is 0.477 e. The zero-order chi connectivity index (χ0) is 15.0. The number of nitrogens with zero attached hydrogens (tertiary/aromatic N) is 1. The van der Waals surface area contributed by atoms with E-state index in [1.165, 1.54) is 0 Å². The Balaban J connectivity index is 2.12. The van der Waals surface area contributed by atoms with Crippen molar-refractivity contribution in [2.75, 3.05) is 0 Å². The van der Waals surface area contributed by atoms with E-state index in [0.29, 0.717) is 26.5 Å². The Morgan fingerprint density at radius 3 is 2.71 bits per heavy atom. The van der Waals surface area contributed by atoms with Crippen molar-refractivity contribution >= 4 is 33.5 Å². The van der Waals surface area contributed by atoms with Gasteiger partial charge in [-0.3, -0.25) is 0 Å². The minimum Gasteiger partial charge on any atom is -0.477 e. The van der Waals surface area contributed by atoms with Gasteiger partial charge in [0.05, 0.1) is 0 Å². The molecule has 0 bridgehead atoms. The van der Waals surface area contributed by atoms with Crippen LogP contribution in [0.3, 0.4) is 0 Å². The summed E-state index contributed by atoms with van der Waals surface area (Å²) in [4.78, 5) is 11.7. The molecule has 0 aliphatic heterocycles. The van der Waals surface area contributed by atoms with Crippen LogP contribution in [0.25, 0.3) is 11.3 Å². The average Bonchev–Trinajstić information content (AvgIpc) is 3.07. The predicted molar refractivity (Wildman–Crippen MR) is 82.8 cm³/mol. The molecule has 0 amide bonds. The van der Waals surface area contributed by atoms with Crippen molar-refractivity contribution in [2.45, 2.75) is 31.6 Å². The molecule has 1 saturated carbocycles. The second-order valence-electron chi connectivity index (χ2n) is 5.18. The number of carboxylic acids is 1. The third-order valence-corrected chi connectivity index (χ3v) is 4.74. The van der Waals surface area contributed by atoms with Gasteiger partial charge in [-0.15, -0.1) is 0 Å². The van der Waals surface area contributed by atoms with E-state index in [9.17, 15) is 9.90 Å². The molecule has 1 aliphatic carbocycles. The van der Waals surface area contributed by atoms with Gasteiger partial charge in [0.15, 0.2) is 5.76 Å². The fourth-order valence-electron chi connectivity index (χ4n) is 2.84. The topological polar surface area (TPSA) is 63.3 Å². The van der Waals surface area contributed by atoms with Gasteiger partial charge in [0.2, 0.25) is 0 Å². The smallest absolute Gasteiger partial charge is 0.341 e. The maximum Gasteiger partial charge on any atom is 0.341 e. The number of hydrogen-bond donors (Lipinski definition) is 1. The quantitative estimate of drug-likeness (QED) is 0.815. The highest BCUT2D eigenvalue weighted by molar-refractivity contribution is 9.10. The molecule has 2 aromatic rings. The maximum absolute atomic E-state index is 11.7. The summed E-state index contributed by atoms with van der Waals surface area (Å²) in [7, 11) is 0. The molecule has 6 heteroatoms. The van der Waals surface area contributed by atoms with E-state index in [1.54, 1.807) is 18.2 Å². The van der Waals surface area contributed by atoms with Gasteiger partial charge in [-0.05, 0) is 25.0 Å². The highest BCUT2D eigenvalue weighted by Gasteiger charge is 2.31. The maximum atomic E-state index is 11.7. The second-order valence-corrected chi connectivity index (χ2v) is 6.47. The summed E-state index contributed by atoms with van der Waals surface area (Å²) in [5.74, 6) is -0.352. The summed E-state index contributed by atoms with van der Waals surface area (Å²) in [6, 6.07) is 5.17. The zero-order valence-electron chi connectivity index (χ0n) is 11.1. The Morgan fingerprint density at radius 1 is 1.38 bits per heavy atom. The van der Waals surface area contributed by atoms with Gasteiger partial charge in [0, 0.05) is 21.0 Å². The van der Waals surface area contributed by atoms with E-state index in [4.69, 9.17) is 16.1 Å². The first-order chi connectivity index (χ1) is 10.1. The van der Waals surface area contributed by atoms with E-state index in [0.717, 1.165) is 25.7 Å². The molecule has 3 rings (SSSR count). The van der Waals surface area contributed by atoms with Crippen molar-refractivity contribution in [1.82, 2.24) is 5.16 Å². The molecule has 1 N–H and O–H groups in total. The van der Waals surface area contributed by atoms with Crippen LogP contribution in [0.1, 0.15) is 47.7 Å². The molecule has 0 unspecified atom stereocenters. The lowest BCUT2D eigenvalue weighted by Crippen LogP contribution is -2.04. The number of aromatic nitrogens is 1. The lowest BCUT2D eigenvalue weighted by Gasteiger charge is -2.06. The number of hydrogen-bond acceptors (Lipinski definition) is 3. The van der Waals surface area contributed by atoms with Gasteiger partial charge in [-0.2, -0.15) is 0 Å². The molecule has 0 atom stereocenters. The van der Waals surface area contributed by atoms with E-state index in [2.05, 4.69) is 21.1 Å². The highest BCUT2D eigenvalue weighted by atomic mass is 79.9. The van der Waals surface area contributed by atoms with E-state index >= 15 is 0 Å². The molecular formula is C15H13BrClNO3. The first-order valence-electron chi connectivity index (χ1n) is 6.76. The summed E-state index contributed by atoms with van der Waals surface area (Å²) in [6.45, 7) is 0. The Kier molecular flexibility index (Phi) is 4.04. The number of halogens is 2. The van der Waals surface area contributed by atoms with E-state index in [-0.39, 0.29) is 11.5 Å². The zero-order valence-corrected chi connectivity index (χ0v) is 13.4. The summed E-state index contributed by atoms with van der Waals surface area (Å²) in [5, 5.41) is 14.1. The summed E-state index contributed by atoms with van der Waals surface area (Å²) in [5.41, 5.74) is 1.20. The second kappa shape index (κ2) is 5.81. The molecule has 1 aromatic carbocycles. The van der Waals surface area contributed by atoms with Crippen LogP contribution in [-0.4, -0.2) is 16.2 Å². The van der Waals surface area contributed by atoms with E-state index < -0.39 is 5.97 Å². The Morgan fingerprint density at radius 2 is 2.10 bits per heavy atom. The minimum absolute atomic E-state index is 0.156. The SMILES string of the molecule is O=C(O)c1c(-c2ccc(Cl)cc2Br)noc1C1CCCC1. The van der Waals surface area contributed by atoms with Crippen LogP contribution < -0.4 is 0 Å². The highest BCUT2D eigenvalue weighted by Crippen LogP contribution is 2.40. The molecule has 0 spiro atoms. The predicted octanol–water partition coefficient (Wildman–Crippen LogP) is 5.11. The third kappa shape index (κ3) is 2.72. The Labute approximate surface area is 135 Å². The van der Waals surface area contributed by atoms with Crippen molar-refractivity contribution in [3.8, 4) is 11.3 Å². The number of rotatable bonds is 3. The molecule has 21 heavy (non-hydrogen) atoms. The van der Waals surface area contributed by atoms with Crippen LogP contribution in [-0.2, 0) is 0 Å².